The van der Waals surface area contributed by atoms with Gasteiger partial charge in [0.1, 0.15) is 4.83 Å². The number of hydrogen-bond acceptors (Lipinski definition) is 6. The topological polar surface area (TPSA) is 89.3 Å². The first-order chi connectivity index (χ1) is 14.1. The summed E-state index contributed by atoms with van der Waals surface area (Å²) < 4.78 is 6.65. The number of nitrogens with one attached hydrogen (secondary N) is 1. The highest BCUT2D eigenvalue weighted by atomic mass is 32.1. The molecule has 0 radical (unpaired) electrons. The molecule has 1 saturated heterocycles. The van der Waals surface area contributed by atoms with Crippen molar-refractivity contribution in [2.45, 2.75) is 12.3 Å². The lowest BCUT2D eigenvalue weighted by Gasteiger charge is -2.16. The number of carbonyl (C=O) groups is 2. The number of hydrogen-bond donors (Lipinski definition) is 1. The van der Waals surface area contributed by atoms with Crippen LogP contribution in [0.1, 0.15) is 37.9 Å². The molecule has 3 aromatic heterocycles. The molecule has 0 bridgehead atoms. The van der Waals surface area contributed by atoms with E-state index in [-0.39, 0.29) is 17.7 Å². The van der Waals surface area contributed by atoms with Crippen molar-refractivity contribution in [3.8, 4) is 0 Å². The maximum Gasteiger partial charge on any atom is 0.261 e. The van der Waals surface area contributed by atoms with Crippen molar-refractivity contribution in [2.75, 3.05) is 33.4 Å². The Labute approximate surface area is 172 Å². The van der Waals surface area contributed by atoms with Crippen molar-refractivity contribution >= 4 is 33.4 Å². The van der Waals surface area contributed by atoms with Gasteiger partial charge in [0.2, 0.25) is 0 Å². The molecule has 3 aromatic rings. The van der Waals surface area contributed by atoms with E-state index >= 15 is 0 Å². The minimum Gasteiger partial charge on any atom is -0.383 e. The quantitative estimate of drug-likeness (QED) is 0.625. The van der Waals surface area contributed by atoms with Gasteiger partial charge < -0.3 is 15.0 Å². The lowest BCUT2D eigenvalue weighted by atomic mass is 9.95. The molecule has 1 atom stereocenters. The van der Waals surface area contributed by atoms with Crippen LogP contribution >= 0.6 is 11.3 Å². The Balaban J connectivity index is 1.60. The highest BCUT2D eigenvalue weighted by Gasteiger charge is 2.33. The number of rotatable bonds is 6. The molecule has 0 aliphatic carbocycles. The zero-order chi connectivity index (χ0) is 20.4. The number of thiophene rings is 1. The normalized spacial score (nSPS) is 16.5. The fraction of sp³-hybridized carbons (Fsp3) is 0.400. The van der Waals surface area contributed by atoms with Crippen molar-refractivity contribution in [1.82, 2.24) is 25.0 Å². The molecule has 1 N–H and O–H groups in total. The van der Waals surface area contributed by atoms with Crippen LogP contribution in [0.2, 0.25) is 0 Å². The Kier molecular flexibility index (Phi) is 5.59. The second kappa shape index (κ2) is 8.30. The number of aromatic nitrogens is 3. The van der Waals surface area contributed by atoms with Gasteiger partial charge in [0.25, 0.3) is 11.8 Å². The number of amides is 2. The average molecular weight is 414 g/mol. The Bertz CT molecular complexity index is 1040. The van der Waals surface area contributed by atoms with Crippen LogP contribution < -0.4 is 5.32 Å². The van der Waals surface area contributed by atoms with Crippen LogP contribution in [0.15, 0.2) is 30.7 Å². The van der Waals surface area contributed by atoms with E-state index in [1.807, 2.05) is 17.0 Å². The van der Waals surface area contributed by atoms with Gasteiger partial charge in [-0.05, 0) is 18.1 Å². The van der Waals surface area contributed by atoms with Gasteiger partial charge in [-0.2, -0.15) is 5.10 Å². The highest BCUT2D eigenvalue weighted by Crippen LogP contribution is 2.39. The minimum absolute atomic E-state index is 0.0237. The number of carbonyl (C=O) groups excluding carboxylic acids is 2. The van der Waals surface area contributed by atoms with E-state index in [0.29, 0.717) is 36.7 Å². The smallest absolute Gasteiger partial charge is 0.261 e. The summed E-state index contributed by atoms with van der Waals surface area (Å²) in [7, 11) is 3.40. The van der Waals surface area contributed by atoms with Gasteiger partial charge in [0.15, 0.2) is 0 Å². The Hall–Kier alpha value is -2.78. The zero-order valence-corrected chi connectivity index (χ0v) is 17.2. The third kappa shape index (κ3) is 3.88. The average Bonchev–Trinajstić information content (AvgIpc) is 3.45. The van der Waals surface area contributed by atoms with E-state index in [4.69, 9.17) is 4.74 Å². The SMILES string of the molecule is COCCNC(=O)c1sc2ncccc2c1[C@H]1CCN(C(=O)c2cnn(C)c2)C1. The largest absolute Gasteiger partial charge is 0.383 e. The molecule has 1 fully saturated rings. The summed E-state index contributed by atoms with van der Waals surface area (Å²) in [6, 6.07) is 3.89. The summed E-state index contributed by atoms with van der Waals surface area (Å²) in [5.74, 6) is -0.0433. The number of nitrogens with zero attached hydrogens (tertiary/aromatic N) is 4. The molecule has 1 aliphatic heterocycles. The van der Waals surface area contributed by atoms with Crippen molar-refractivity contribution in [3.63, 3.8) is 0 Å². The van der Waals surface area contributed by atoms with Crippen LogP contribution in [-0.4, -0.2) is 64.8 Å². The molecule has 0 saturated carbocycles. The monoisotopic (exact) mass is 413 g/mol. The van der Waals surface area contributed by atoms with Crippen LogP contribution in [-0.2, 0) is 11.8 Å². The van der Waals surface area contributed by atoms with E-state index < -0.39 is 0 Å². The Morgan fingerprint density at radius 2 is 2.28 bits per heavy atom. The molecule has 8 nitrogen and oxygen atoms in total. The van der Waals surface area contributed by atoms with Crippen LogP contribution in [0.25, 0.3) is 10.2 Å². The molecule has 1 aliphatic rings. The second-order valence-electron chi connectivity index (χ2n) is 7.09. The molecule has 0 aromatic carbocycles. The molecule has 4 rings (SSSR count). The summed E-state index contributed by atoms with van der Waals surface area (Å²) in [5, 5.41) is 8.00. The van der Waals surface area contributed by atoms with E-state index in [1.54, 1.807) is 37.4 Å². The van der Waals surface area contributed by atoms with Crippen LogP contribution in [0, 0.1) is 0 Å². The number of ether oxygens (including phenoxy) is 1. The number of methoxy groups -OCH3 is 1. The third-order valence-electron chi connectivity index (χ3n) is 5.14. The van der Waals surface area contributed by atoms with Crippen molar-refractivity contribution in [3.05, 3.63) is 46.7 Å². The zero-order valence-electron chi connectivity index (χ0n) is 16.4. The van der Waals surface area contributed by atoms with Gasteiger partial charge in [0.05, 0.1) is 23.2 Å². The molecule has 29 heavy (non-hydrogen) atoms. The van der Waals surface area contributed by atoms with Gasteiger partial charge in [-0.25, -0.2) is 4.98 Å². The number of likely N-dealkylation sites (tertiary alicyclic amines) is 1. The van der Waals surface area contributed by atoms with Gasteiger partial charge in [-0.15, -0.1) is 11.3 Å². The van der Waals surface area contributed by atoms with Gasteiger partial charge in [-0.1, -0.05) is 6.07 Å². The molecule has 9 heteroatoms. The van der Waals surface area contributed by atoms with E-state index in [9.17, 15) is 9.59 Å². The van der Waals surface area contributed by atoms with Crippen LogP contribution in [0.4, 0.5) is 0 Å². The third-order valence-corrected chi connectivity index (χ3v) is 6.27. The summed E-state index contributed by atoms with van der Waals surface area (Å²) in [5.41, 5.74) is 1.58. The predicted octanol–water partition coefficient (Wildman–Crippen LogP) is 2.04. The van der Waals surface area contributed by atoms with E-state index in [2.05, 4.69) is 15.4 Å². The van der Waals surface area contributed by atoms with Crippen LogP contribution in [0.5, 0.6) is 0 Å². The number of pyridine rings is 1. The number of fused-ring (bicyclic) bond motifs is 1. The molecule has 0 unspecified atom stereocenters. The molecule has 4 heterocycles. The summed E-state index contributed by atoms with van der Waals surface area (Å²) in [4.78, 5) is 33.4. The fourth-order valence-electron chi connectivity index (χ4n) is 3.77. The van der Waals surface area contributed by atoms with Gasteiger partial charge >= 0.3 is 0 Å². The summed E-state index contributed by atoms with van der Waals surface area (Å²) >= 11 is 1.41. The summed E-state index contributed by atoms with van der Waals surface area (Å²) in [6.07, 6.45) is 5.87. The van der Waals surface area contributed by atoms with Gasteiger partial charge in [0, 0.05) is 57.5 Å². The Morgan fingerprint density at radius 3 is 3.03 bits per heavy atom. The molecule has 152 valence electrons. The molecular weight excluding hydrogens is 390 g/mol. The van der Waals surface area contributed by atoms with Gasteiger partial charge in [-0.3, -0.25) is 14.3 Å². The van der Waals surface area contributed by atoms with Crippen molar-refractivity contribution < 1.29 is 14.3 Å². The molecular formula is C20H23N5O3S. The molecule has 2 amide bonds. The van der Waals surface area contributed by atoms with E-state index in [1.165, 1.54) is 11.3 Å². The first-order valence-electron chi connectivity index (χ1n) is 9.51. The first kappa shape index (κ1) is 19.5. The van der Waals surface area contributed by atoms with Crippen molar-refractivity contribution in [1.29, 1.82) is 0 Å². The highest BCUT2D eigenvalue weighted by molar-refractivity contribution is 7.20. The Morgan fingerprint density at radius 1 is 1.41 bits per heavy atom. The predicted molar refractivity (Wildman–Crippen MR) is 110 cm³/mol. The fourth-order valence-corrected chi connectivity index (χ4v) is 4.91. The number of aryl methyl sites for hydroxylation is 1. The maximum atomic E-state index is 12.8. The van der Waals surface area contributed by atoms with Crippen LogP contribution in [0.3, 0.4) is 0 Å². The summed E-state index contributed by atoms with van der Waals surface area (Å²) in [6.45, 7) is 2.14. The maximum absolute atomic E-state index is 12.8. The second-order valence-corrected chi connectivity index (χ2v) is 8.09. The first-order valence-corrected chi connectivity index (χ1v) is 10.3. The lowest BCUT2D eigenvalue weighted by molar-refractivity contribution is 0.0790. The van der Waals surface area contributed by atoms with Crippen molar-refractivity contribution in [2.24, 2.45) is 7.05 Å². The minimum atomic E-state index is -0.114. The molecule has 0 spiro atoms. The lowest BCUT2D eigenvalue weighted by Crippen LogP contribution is -2.29. The standard InChI is InChI=1S/C20H23N5O3S/c1-24-11-14(10-23-24)20(27)25-8-5-13(12-25)16-15-4-3-6-22-19(15)29-17(16)18(26)21-7-9-28-2/h3-4,6,10-11,13H,5,7-9,12H2,1-2H3,(H,21,26)/t13-/m0/s1. The van der Waals surface area contributed by atoms with E-state index in [0.717, 1.165) is 22.2 Å².